The van der Waals surface area contributed by atoms with E-state index in [9.17, 15) is 0 Å². The Bertz CT molecular complexity index is 754. The minimum Gasteiger partial charge on any atom is -0.486 e. The lowest BCUT2D eigenvalue weighted by atomic mass is 10.2. The lowest BCUT2D eigenvalue weighted by Gasteiger charge is -2.09. The molecule has 0 saturated heterocycles. The summed E-state index contributed by atoms with van der Waals surface area (Å²) in [6, 6.07) is 9.97. The summed E-state index contributed by atoms with van der Waals surface area (Å²) in [4.78, 5) is 9.03. The maximum Gasteiger partial charge on any atom is 0.131 e. The van der Waals surface area contributed by atoms with Gasteiger partial charge in [-0.25, -0.2) is 4.98 Å². The van der Waals surface area contributed by atoms with Gasteiger partial charge in [-0.2, -0.15) is 0 Å². The molecule has 0 bridgehead atoms. The molecule has 2 aromatic heterocycles. The van der Waals surface area contributed by atoms with E-state index in [1.54, 1.807) is 11.3 Å². The van der Waals surface area contributed by atoms with E-state index < -0.39 is 0 Å². The first-order chi connectivity index (χ1) is 10.3. The zero-order valence-corrected chi connectivity index (χ0v) is 12.7. The predicted molar refractivity (Wildman–Crippen MR) is 85.7 cm³/mol. The number of rotatable bonds is 5. The first-order valence-corrected chi connectivity index (χ1v) is 7.77. The van der Waals surface area contributed by atoms with Crippen LogP contribution in [0.2, 0.25) is 0 Å². The summed E-state index contributed by atoms with van der Waals surface area (Å²) in [5.41, 5.74) is 8.39. The third-order valence-electron chi connectivity index (χ3n) is 3.14. The number of ether oxygens (including phenoxy) is 1. The maximum absolute atomic E-state index is 5.95. The first-order valence-electron chi connectivity index (χ1n) is 6.89. The van der Waals surface area contributed by atoms with E-state index >= 15 is 0 Å². The van der Waals surface area contributed by atoms with Gasteiger partial charge in [0.15, 0.2) is 0 Å². The second-order valence-corrected chi connectivity index (χ2v) is 5.78. The van der Waals surface area contributed by atoms with E-state index in [0.29, 0.717) is 13.2 Å². The molecule has 1 aromatic carbocycles. The minimum absolute atomic E-state index is 0.467. The van der Waals surface area contributed by atoms with Crippen molar-refractivity contribution in [3.63, 3.8) is 0 Å². The molecule has 0 amide bonds. The third kappa shape index (κ3) is 3.20. The van der Waals surface area contributed by atoms with Gasteiger partial charge in [0.25, 0.3) is 0 Å². The molecule has 4 nitrogen and oxygen atoms in total. The van der Waals surface area contributed by atoms with Crippen LogP contribution in [0.3, 0.4) is 0 Å². The number of hydrogen-bond donors (Lipinski definition) is 1. The Hall–Kier alpha value is -1.98. The van der Waals surface area contributed by atoms with Gasteiger partial charge >= 0.3 is 0 Å². The molecule has 5 heteroatoms. The van der Waals surface area contributed by atoms with Crippen LogP contribution >= 0.6 is 11.3 Å². The van der Waals surface area contributed by atoms with Crippen LogP contribution in [0.25, 0.3) is 10.9 Å². The number of para-hydroxylation sites is 1. The summed E-state index contributed by atoms with van der Waals surface area (Å²) in [5.74, 6) is 0.853. The molecular formula is C16H17N3OS. The summed E-state index contributed by atoms with van der Waals surface area (Å²) >= 11 is 1.63. The number of benzene rings is 1. The van der Waals surface area contributed by atoms with Crippen molar-refractivity contribution in [2.45, 2.75) is 20.0 Å². The zero-order valence-electron chi connectivity index (χ0n) is 11.9. The highest BCUT2D eigenvalue weighted by Gasteiger charge is 2.07. The Morgan fingerprint density at radius 1 is 1.24 bits per heavy atom. The van der Waals surface area contributed by atoms with Crippen LogP contribution in [0.1, 0.15) is 16.4 Å². The molecule has 0 aliphatic carbocycles. The van der Waals surface area contributed by atoms with Crippen LogP contribution < -0.4 is 10.5 Å². The molecule has 0 fully saturated rings. The Morgan fingerprint density at radius 3 is 2.95 bits per heavy atom. The van der Waals surface area contributed by atoms with Gasteiger partial charge in [0, 0.05) is 28.9 Å². The molecule has 0 spiro atoms. The van der Waals surface area contributed by atoms with E-state index in [0.717, 1.165) is 39.5 Å². The predicted octanol–water partition coefficient (Wildman–Crippen LogP) is 3.08. The van der Waals surface area contributed by atoms with Crippen molar-refractivity contribution in [2.24, 2.45) is 5.73 Å². The van der Waals surface area contributed by atoms with Crippen LogP contribution in [0.5, 0.6) is 5.75 Å². The van der Waals surface area contributed by atoms with E-state index in [2.05, 4.69) is 9.97 Å². The standard InChI is InChI=1S/C16H17N3OS/c1-11-8-15(13-4-2-3-5-14(13)18-11)20-9-12-10-21-16(19-12)6-7-17/h2-5,8,10H,6-7,9,17H2,1H3. The van der Waals surface area contributed by atoms with E-state index in [4.69, 9.17) is 10.5 Å². The maximum atomic E-state index is 5.95. The second-order valence-electron chi connectivity index (χ2n) is 4.84. The molecule has 0 aliphatic rings. The molecule has 0 radical (unpaired) electrons. The zero-order chi connectivity index (χ0) is 14.7. The van der Waals surface area contributed by atoms with Gasteiger partial charge in [0.1, 0.15) is 12.4 Å². The summed E-state index contributed by atoms with van der Waals surface area (Å²) in [6.45, 7) is 3.07. The Kier molecular flexibility index (Phi) is 4.13. The summed E-state index contributed by atoms with van der Waals surface area (Å²) in [7, 11) is 0. The van der Waals surface area contributed by atoms with Gasteiger partial charge in [0.2, 0.25) is 0 Å². The van der Waals surface area contributed by atoms with Crippen molar-refractivity contribution in [1.82, 2.24) is 9.97 Å². The largest absolute Gasteiger partial charge is 0.486 e. The number of nitrogens with zero attached hydrogens (tertiary/aromatic N) is 2. The molecule has 3 aromatic rings. The van der Waals surface area contributed by atoms with E-state index in [-0.39, 0.29) is 0 Å². The van der Waals surface area contributed by atoms with Crippen LogP contribution in [0, 0.1) is 6.92 Å². The molecular weight excluding hydrogens is 282 g/mol. The van der Waals surface area contributed by atoms with Crippen molar-refractivity contribution in [3.05, 3.63) is 52.1 Å². The Balaban J connectivity index is 1.81. The van der Waals surface area contributed by atoms with Crippen LogP contribution in [-0.2, 0) is 13.0 Å². The van der Waals surface area contributed by atoms with E-state index in [1.165, 1.54) is 0 Å². The number of nitrogens with two attached hydrogens (primary N) is 1. The monoisotopic (exact) mass is 299 g/mol. The summed E-state index contributed by atoms with van der Waals surface area (Å²) in [5, 5.41) is 4.12. The number of fused-ring (bicyclic) bond motifs is 1. The smallest absolute Gasteiger partial charge is 0.131 e. The van der Waals surface area contributed by atoms with Gasteiger partial charge in [-0.15, -0.1) is 11.3 Å². The van der Waals surface area contributed by atoms with Gasteiger partial charge in [0.05, 0.1) is 16.2 Å². The third-order valence-corrected chi connectivity index (χ3v) is 4.10. The van der Waals surface area contributed by atoms with Gasteiger partial charge in [-0.05, 0) is 25.6 Å². The normalized spacial score (nSPS) is 11.0. The van der Waals surface area contributed by atoms with Crippen molar-refractivity contribution >= 4 is 22.2 Å². The van der Waals surface area contributed by atoms with Crippen LogP contribution in [0.15, 0.2) is 35.7 Å². The highest BCUT2D eigenvalue weighted by atomic mass is 32.1. The molecule has 21 heavy (non-hydrogen) atoms. The van der Waals surface area contributed by atoms with E-state index in [1.807, 2.05) is 42.6 Å². The highest BCUT2D eigenvalue weighted by Crippen LogP contribution is 2.26. The second kappa shape index (κ2) is 6.20. The fourth-order valence-electron chi connectivity index (χ4n) is 2.19. The van der Waals surface area contributed by atoms with Crippen LogP contribution in [-0.4, -0.2) is 16.5 Å². The minimum atomic E-state index is 0.467. The molecule has 0 aliphatic heterocycles. The number of hydrogen-bond acceptors (Lipinski definition) is 5. The molecule has 108 valence electrons. The molecule has 0 saturated carbocycles. The van der Waals surface area contributed by atoms with Crippen molar-refractivity contribution in [1.29, 1.82) is 0 Å². The van der Waals surface area contributed by atoms with Crippen molar-refractivity contribution < 1.29 is 4.74 Å². The molecule has 0 unspecified atom stereocenters. The van der Waals surface area contributed by atoms with Crippen LogP contribution in [0.4, 0.5) is 0 Å². The lowest BCUT2D eigenvalue weighted by molar-refractivity contribution is 0.305. The van der Waals surface area contributed by atoms with Gasteiger partial charge in [-0.3, -0.25) is 4.98 Å². The fourth-order valence-corrected chi connectivity index (χ4v) is 2.99. The molecule has 0 atom stereocenters. The topological polar surface area (TPSA) is 61.0 Å². The van der Waals surface area contributed by atoms with Crippen molar-refractivity contribution in [3.8, 4) is 5.75 Å². The average molecular weight is 299 g/mol. The van der Waals surface area contributed by atoms with Gasteiger partial charge < -0.3 is 10.5 Å². The summed E-state index contributed by atoms with van der Waals surface area (Å²) in [6.07, 6.45) is 0.821. The number of thiazole rings is 1. The molecule has 3 rings (SSSR count). The van der Waals surface area contributed by atoms with Crippen molar-refractivity contribution in [2.75, 3.05) is 6.54 Å². The number of aryl methyl sites for hydroxylation is 1. The molecule has 2 N–H and O–H groups in total. The lowest BCUT2D eigenvalue weighted by Crippen LogP contribution is -2.03. The first kappa shape index (κ1) is 14.0. The number of pyridine rings is 1. The Labute approximate surface area is 127 Å². The highest BCUT2D eigenvalue weighted by molar-refractivity contribution is 7.09. The molecule has 2 heterocycles. The summed E-state index contributed by atoms with van der Waals surface area (Å²) < 4.78 is 5.95. The number of aromatic nitrogens is 2. The fraction of sp³-hybridized carbons (Fsp3) is 0.250. The average Bonchev–Trinajstić information content (AvgIpc) is 2.93. The quantitative estimate of drug-likeness (QED) is 0.786. The Morgan fingerprint density at radius 2 is 2.10 bits per heavy atom. The van der Waals surface area contributed by atoms with Gasteiger partial charge in [-0.1, -0.05) is 12.1 Å². The SMILES string of the molecule is Cc1cc(OCc2csc(CCN)n2)c2ccccc2n1.